The summed E-state index contributed by atoms with van der Waals surface area (Å²) >= 11 is 12.0. The van der Waals surface area contributed by atoms with E-state index >= 15 is 0 Å². The molecule has 0 saturated carbocycles. The Hall–Kier alpha value is -1.22. The van der Waals surface area contributed by atoms with Gasteiger partial charge < -0.3 is 10.4 Å². The van der Waals surface area contributed by atoms with Crippen LogP contribution in [-0.2, 0) is 6.42 Å². The van der Waals surface area contributed by atoms with Crippen molar-refractivity contribution in [3.05, 3.63) is 63.6 Å². The van der Waals surface area contributed by atoms with Gasteiger partial charge in [-0.1, -0.05) is 41.4 Å². The lowest BCUT2D eigenvalue weighted by Gasteiger charge is -2.17. The first kappa shape index (κ1) is 16.2. The zero-order chi connectivity index (χ0) is 15.2. The summed E-state index contributed by atoms with van der Waals surface area (Å²) in [5.74, 6) is 0. The number of aliphatic hydroxyl groups excluding tert-OH is 1. The summed E-state index contributed by atoms with van der Waals surface area (Å²) in [7, 11) is 0. The molecule has 0 aromatic heterocycles. The molecule has 1 unspecified atom stereocenters. The molecule has 2 nitrogen and oxygen atoms in total. The van der Waals surface area contributed by atoms with E-state index in [1.807, 2.05) is 30.3 Å². The van der Waals surface area contributed by atoms with Gasteiger partial charge in [0.05, 0.1) is 10.0 Å². The number of aryl methyl sites for hydroxylation is 1. The van der Waals surface area contributed by atoms with Crippen LogP contribution < -0.4 is 5.32 Å². The molecule has 0 spiro atoms. The third kappa shape index (κ3) is 4.63. The van der Waals surface area contributed by atoms with Crippen molar-refractivity contribution in [2.45, 2.75) is 25.8 Å². The lowest BCUT2D eigenvalue weighted by Crippen LogP contribution is -2.06. The minimum Gasteiger partial charge on any atom is -0.396 e. The minimum absolute atomic E-state index is 0.132. The molecule has 0 aliphatic carbocycles. The van der Waals surface area contributed by atoms with Crippen molar-refractivity contribution in [3.63, 3.8) is 0 Å². The number of halogens is 2. The first-order valence-corrected chi connectivity index (χ1v) is 7.77. The van der Waals surface area contributed by atoms with Gasteiger partial charge in [0.25, 0.3) is 0 Å². The Morgan fingerprint density at radius 3 is 2.62 bits per heavy atom. The summed E-state index contributed by atoms with van der Waals surface area (Å²) in [5.41, 5.74) is 3.37. The molecule has 4 heteroatoms. The number of hydrogen-bond acceptors (Lipinski definition) is 2. The fourth-order valence-corrected chi connectivity index (χ4v) is 2.52. The van der Waals surface area contributed by atoms with Crippen molar-refractivity contribution in [2.24, 2.45) is 0 Å². The SMILES string of the molecule is CC(Nc1cccc(CCCO)c1)c1ccc(Cl)c(Cl)c1. The van der Waals surface area contributed by atoms with Crippen LogP contribution in [-0.4, -0.2) is 11.7 Å². The predicted octanol–water partition coefficient (Wildman–Crippen LogP) is 5.09. The summed E-state index contributed by atoms with van der Waals surface area (Å²) in [6.45, 7) is 2.30. The summed E-state index contributed by atoms with van der Waals surface area (Å²) in [6.07, 6.45) is 1.67. The molecule has 0 aliphatic heterocycles. The van der Waals surface area contributed by atoms with E-state index in [2.05, 4.69) is 24.4 Å². The van der Waals surface area contributed by atoms with E-state index in [0.717, 1.165) is 24.1 Å². The highest BCUT2D eigenvalue weighted by atomic mass is 35.5. The van der Waals surface area contributed by atoms with Gasteiger partial charge in [-0.3, -0.25) is 0 Å². The molecule has 0 radical (unpaired) electrons. The standard InChI is InChI=1S/C17H19Cl2NO/c1-12(14-7-8-16(18)17(19)11-14)20-15-6-2-4-13(10-15)5-3-9-21/h2,4,6-8,10-12,20-21H,3,5,9H2,1H3. The Bertz CT molecular complexity index is 601. The van der Waals surface area contributed by atoms with Crippen molar-refractivity contribution in [1.29, 1.82) is 0 Å². The van der Waals surface area contributed by atoms with Gasteiger partial charge >= 0.3 is 0 Å². The monoisotopic (exact) mass is 323 g/mol. The normalized spacial score (nSPS) is 12.2. The molecule has 21 heavy (non-hydrogen) atoms. The molecule has 2 rings (SSSR count). The van der Waals surface area contributed by atoms with Crippen molar-refractivity contribution in [3.8, 4) is 0 Å². The van der Waals surface area contributed by atoms with Crippen LogP contribution in [0.25, 0.3) is 0 Å². The number of anilines is 1. The van der Waals surface area contributed by atoms with Gasteiger partial charge in [-0.2, -0.15) is 0 Å². The topological polar surface area (TPSA) is 32.3 Å². The van der Waals surface area contributed by atoms with Crippen LogP contribution >= 0.6 is 23.2 Å². The molecule has 2 aromatic rings. The number of rotatable bonds is 6. The lowest BCUT2D eigenvalue weighted by molar-refractivity contribution is 0.288. The van der Waals surface area contributed by atoms with E-state index in [-0.39, 0.29) is 12.6 Å². The highest BCUT2D eigenvalue weighted by Crippen LogP contribution is 2.27. The van der Waals surface area contributed by atoms with Crippen molar-refractivity contribution < 1.29 is 5.11 Å². The van der Waals surface area contributed by atoms with Crippen LogP contribution in [0.2, 0.25) is 10.0 Å². The second-order valence-electron chi connectivity index (χ2n) is 5.07. The number of nitrogens with one attached hydrogen (secondary N) is 1. The van der Waals surface area contributed by atoms with E-state index in [9.17, 15) is 0 Å². The maximum absolute atomic E-state index is 8.90. The molecule has 2 aromatic carbocycles. The molecule has 1 atom stereocenters. The van der Waals surface area contributed by atoms with Crippen molar-refractivity contribution >= 4 is 28.9 Å². The van der Waals surface area contributed by atoms with Crippen LogP contribution in [0.1, 0.15) is 30.5 Å². The second kappa shape index (κ2) is 7.69. The third-order valence-electron chi connectivity index (χ3n) is 3.38. The zero-order valence-electron chi connectivity index (χ0n) is 11.9. The third-order valence-corrected chi connectivity index (χ3v) is 4.12. The summed E-state index contributed by atoms with van der Waals surface area (Å²) in [6, 6.07) is 14.1. The van der Waals surface area contributed by atoms with Gasteiger partial charge in [-0.25, -0.2) is 0 Å². The predicted molar refractivity (Wildman–Crippen MR) is 90.3 cm³/mol. The average Bonchev–Trinajstić information content (AvgIpc) is 2.48. The number of aliphatic hydroxyl groups is 1. The van der Waals surface area contributed by atoms with E-state index in [0.29, 0.717) is 10.0 Å². The van der Waals surface area contributed by atoms with E-state index in [1.165, 1.54) is 5.56 Å². The quantitative estimate of drug-likeness (QED) is 0.775. The van der Waals surface area contributed by atoms with Gasteiger partial charge in [0, 0.05) is 18.3 Å². The van der Waals surface area contributed by atoms with Crippen LogP contribution in [0.15, 0.2) is 42.5 Å². The summed E-state index contributed by atoms with van der Waals surface area (Å²) in [4.78, 5) is 0. The van der Waals surface area contributed by atoms with Gasteiger partial charge in [-0.05, 0) is 55.2 Å². The molecule has 0 heterocycles. The van der Waals surface area contributed by atoms with Gasteiger partial charge in [0.1, 0.15) is 0 Å². The van der Waals surface area contributed by atoms with Gasteiger partial charge in [-0.15, -0.1) is 0 Å². The summed E-state index contributed by atoms with van der Waals surface area (Å²) < 4.78 is 0. The maximum atomic E-state index is 8.90. The Balaban J connectivity index is 2.07. The molecule has 0 saturated heterocycles. The zero-order valence-corrected chi connectivity index (χ0v) is 13.5. The van der Waals surface area contributed by atoms with E-state index in [1.54, 1.807) is 0 Å². The molecular formula is C17H19Cl2NO. The van der Waals surface area contributed by atoms with Gasteiger partial charge in [0.2, 0.25) is 0 Å². The first-order valence-electron chi connectivity index (χ1n) is 7.01. The van der Waals surface area contributed by atoms with Crippen LogP contribution in [0.4, 0.5) is 5.69 Å². The lowest BCUT2D eigenvalue weighted by atomic mass is 10.1. The maximum Gasteiger partial charge on any atom is 0.0595 e. The molecular weight excluding hydrogens is 305 g/mol. The second-order valence-corrected chi connectivity index (χ2v) is 5.88. The van der Waals surface area contributed by atoms with Crippen LogP contribution in [0.3, 0.4) is 0 Å². The highest BCUT2D eigenvalue weighted by Gasteiger charge is 2.08. The fraction of sp³-hybridized carbons (Fsp3) is 0.294. The van der Waals surface area contributed by atoms with Crippen molar-refractivity contribution in [2.75, 3.05) is 11.9 Å². The molecule has 0 bridgehead atoms. The highest BCUT2D eigenvalue weighted by molar-refractivity contribution is 6.42. The Morgan fingerprint density at radius 2 is 1.90 bits per heavy atom. The average molecular weight is 324 g/mol. The molecule has 0 fully saturated rings. The summed E-state index contributed by atoms with van der Waals surface area (Å²) in [5, 5.41) is 13.5. The smallest absolute Gasteiger partial charge is 0.0595 e. The molecule has 112 valence electrons. The van der Waals surface area contributed by atoms with E-state index < -0.39 is 0 Å². The number of hydrogen-bond donors (Lipinski definition) is 2. The first-order chi connectivity index (χ1) is 10.1. The molecule has 0 amide bonds. The number of benzene rings is 2. The molecule has 2 N–H and O–H groups in total. The minimum atomic E-state index is 0.132. The molecule has 0 aliphatic rings. The largest absolute Gasteiger partial charge is 0.396 e. The Kier molecular flexibility index (Phi) is 5.92. The van der Waals surface area contributed by atoms with E-state index in [4.69, 9.17) is 28.3 Å². The van der Waals surface area contributed by atoms with Crippen LogP contribution in [0.5, 0.6) is 0 Å². The van der Waals surface area contributed by atoms with Gasteiger partial charge in [0.15, 0.2) is 0 Å². The fourth-order valence-electron chi connectivity index (χ4n) is 2.21. The Labute approximate surface area is 135 Å². The van der Waals surface area contributed by atoms with Crippen molar-refractivity contribution in [1.82, 2.24) is 0 Å². The Morgan fingerprint density at radius 1 is 1.10 bits per heavy atom. The van der Waals surface area contributed by atoms with Crippen LogP contribution in [0, 0.1) is 0 Å².